The third kappa shape index (κ3) is 4.95. The Morgan fingerprint density at radius 2 is 1.60 bits per heavy atom. The second kappa shape index (κ2) is 8.50. The van der Waals surface area contributed by atoms with Crippen LogP contribution in [0.2, 0.25) is 10.0 Å². The Hall–Kier alpha value is -2.57. The average molecular weight is 382 g/mol. The molecule has 0 radical (unpaired) electrons. The molecular formula is C17H13Cl2NO5. The molecule has 2 amide bonds. The van der Waals surface area contributed by atoms with E-state index in [1.54, 1.807) is 30.3 Å². The molecule has 0 unspecified atom stereocenters. The second-order valence-electron chi connectivity index (χ2n) is 4.79. The number of esters is 1. The number of nitrogens with one attached hydrogen (secondary N) is 1. The van der Waals surface area contributed by atoms with Crippen molar-refractivity contribution >= 4 is 41.0 Å². The van der Waals surface area contributed by atoms with Gasteiger partial charge >= 0.3 is 5.97 Å². The maximum absolute atomic E-state index is 12.0. The lowest BCUT2D eigenvalue weighted by molar-refractivity contribution is -0.123. The fraction of sp³-hybridized carbons (Fsp3) is 0.118. The molecule has 2 rings (SSSR count). The first-order valence-corrected chi connectivity index (χ1v) is 7.77. The molecule has 0 fully saturated rings. The van der Waals surface area contributed by atoms with Gasteiger partial charge < -0.3 is 9.47 Å². The van der Waals surface area contributed by atoms with Gasteiger partial charge in [-0.1, -0.05) is 41.4 Å². The summed E-state index contributed by atoms with van der Waals surface area (Å²) in [5, 5.41) is 2.38. The first-order chi connectivity index (χ1) is 11.9. The highest BCUT2D eigenvalue weighted by Crippen LogP contribution is 2.33. The number of hydrogen-bond acceptors (Lipinski definition) is 5. The van der Waals surface area contributed by atoms with Crippen molar-refractivity contribution in [3.05, 3.63) is 63.6 Å². The number of rotatable bonds is 5. The van der Waals surface area contributed by atoms with Gasteiger partial charge in [-0.3, -0.25) is 14.9 Å². The summed E-state index contributed by atoms with van der Waals surface area (Å²) in [4.78, 5) is 35.5. The minimum Gasteiger partial charge on any atom is -0.494 e. The first kappa shape index (κ1) is 18.8. The zero-order valence-corrected chi connectivity index (χ0v) is 14.6. The van der Waals surface area contributed by atoms with Crippen LogP contribution >= 0.6 is 23.2 Å². The maximum atomic E-state index is 12.0. The number of benzene rings is 2. The van der Waals surface area contributed by atoms with E-state index in [1.807, 2.05) is 0 Å². The Morgan fingerprint density at radius 1 is 1.00 bits per heavy atom. The monoisotopic (exact) mass is 381 g/mol. The summed E-state index contributed by atoms with van der Waals surface area (Å²) >= 11 is 11.9. The van der Waals surface area contributed by atoms with E-state index in [4.69, 9.17) is 32.7 Å². The van der Waals surface area contributed by atoms with Crippen LogP contribution in [0, 0.1) is 0 Å². The molecule has 0 heterocycles. The molecule has 0 spiro atoms. The van der Waals surface area contributed by atoms with E-state index in [9.17, 15) is 14.4 Å². The molecule has 0 aliphatic carbocycles. The molecule has 0 aliphatic rings. The van der Waals surface area contributed by atoms with Gasteiger partial charge in [0.2, 0.25) is 0 Å². The second-order valence-corrected chi connectivity index (χ2v) is 5.61. The molecule has 0 atom stereocenters. The lowest BCUT2D eigenvalue weighted by atomic mass is 10.2. The van der Waals surface area contributed by atoms with Gasteiger partial charge in [0.15, 0.2) is 12.4 Å². The Balaban J connectivity index is 1.93. The molecule has 25 heavy (non-hydrogen) atoms. The highest BCUT2D eigenvalue weighted by Gasteiger charge is 2.17. The normalized spacial score (nSPS) is 10.0. The highest BCUT2D eigenvalue weighted by molar-refractivity contribution is 6.37. The van der Waals surface area contributed by atoms with Crippen molar-refractivity contribution in [2.24, 2.45) is 0 Å². The number of imide groups is 1. The van der Waals surface area contributed by atoms with Gasteiger partial charge in [0.05, 0.1) is 22.7 Å². The molecule has 130 valence electrons. The van der Waals surface area contributed by atoms with Crippen LogP contribution in [0.4, 0.5) is 0 Å². The number of hydrogen-bond donors (Lipinski definition) is 1. The third-order valence-electron chi connectivity index (χ3n) is 3.06. The zero-order chi connectivity index (χ0) is 18.4. The summed E-state index contributed by atoms with van der Waals surface area (Å²) in [6.07, 6.45) is 0. The molecular weight excluding hydrogens is 369 g/mol. The third-order valence-corrected chi connectivity index (χ3v) is 3.62. The van der Waals surface area contributed by atoms with Gasteiger partial charge in [0, 0.05) is 5.56 Å². The lowest BCUT2D eigenvalue weighted by Gasteiger charge is -2.09. The minimum absolute atomic E-state index is 0.0537. The zero-order valence-electron chi connectivity index (χ0n) is 13.0. The van der Waals surface area contributed by atoms with Crippen LogP contribution in [0.25, 0.3) is 0 Å². The number of carbonyl (C=O) groups is 3. The van der Waals surface area contributed by atoms with E-state index in [0.29, 0.717) is 5.56 Å². The quantitative estimate of drug-likeness (QED) is 0.804. The summed E-state index contributed by atoms with van der Waals surface area (Å²) in [5.74, 6) is -1.93. The number of ether oxygens (including phenoxy) is 2. The van der Waals surface area contributed by atoms with Gasteiger partial charge in [0.1, 0.15) is 0 Å². The topological polar surface area (TPSA) is 81.7 Å². The number of amides is 2. The van der Waals surface area contributed by atoms with Crippen molar-refractivity contribution in [3.63, 3.8) is 0 Å². The van der Waals surface area contributed by atoms with E-state index in [1.165, 1.54) is 19.2 Å². The molecule has 1 N–H and O–H groups in total. The van der Waals surface area contributed by atoms with Crippen LogP contribution in [0.15, 0.2) is 42.5 Å². The number of halogens is 2. The molecule has 0 aliphatic heterocycles. The first-order valence-electron chi connectivity index (χ1n) is 7.01. The summed E-state index contributed by atoms with van der Waals surface area (Å²) in [6.45, 7) is -0.626. The Morgan fingerprint density at radius 3 is 2.16 bits per heavy atom. The van der Waals surface area contributed by atoms with Gasteiger partial charge in [-0.2, -0.15) is 0 Å². The largest absolute Gasteiger partial charge is 0.494 e. The maximum Gasteiger partial charge on any atom is 0.338 e. The van der Waals surface area contributed by atoms with Crippen LogP contribution in [0.5, 0.6) is 5.75 Å². The summed E-state index contributed by atoms with van der Waals surface area (Å²) in [6, 6.07) is 10.8. The van der Waals surface area contributed by atoms with Crippen LogP contribution in [0.1, 0.15) is 20.7 Å². The molecule has 0 saturated carbocycles. The van der Waals surface area contributed by atoms with Crippen LogP contribution in [-0.4, -0.2) is 31.5 Å². The standard InChI is InChI=1S/C17H13Cl2NO5/c1-24-15-12(18)7-11(8-13(15)19)17(23)25-9-14(21)20-16(22)10-5-3-2-4-6-10/h2-8H,9H2,1H3,(H,20,21,22). The van der Waals surface area contributed by atoms with E-state index >= 15 is 0 Å². The van der Waals surface area contributed by atoms with E-state index in [2.05, 4.69) is 5.32 Å². The Bertz CT molecular complexity index is 785. The van der Waals surface area contributed by atoms with Crippen molar-refractivity contribution in [2.75, 3.05) is 13.7 Å². The van der Waals surface area contributed by atoms with Gasteiger partial charge in [0.25, 0.3) is 11.8 Å². The fourth-order valence-corrected chi connectivity index (χ4v) is 2.55. The summed E-state index contributed by atoms with van der Waals surface area (Å²) in [5.41, 5.74) is 0.369. The van der Waals surface area contributed by atoms with Crippen molar-refractivity contribution in [2.45, 2.75) is 0 Å². The lowest BCUT2D eigenvalue weighted by Crippen LogP contribution is -2.34. The Labute approximate surface area is 153 Å². The van der Waals surface area contributed by atoms with Gasteiger partial charge in [-0.15, -0.1) is 0 Å². The molecule has 0 aromatic heterocycles. The molecule has 2 aromatic rings. The van der Waals surface area contributed by atoms with Gasteiger partial charge in [-0.25, -0.2) is 4.79 Å². The molecule has 2 aromatic carbocycles. The average Bonchev–Trinajstić information content (AvgIpc) is 2.60. The van der Waals surface area contributed by atoms with Crippen LogP contribution in [0.3, 0.4) is 0 Å². The number of methoxy groups -OCH3 is 1. The van der Waals surface area contributed by atoms with Crippen molar-refractivity contribution < 1.29 is 23.9 Å². The van der Waals surface area contributed by atoms with E-state index in [0.717, 1.165) is 0 Å². The predicted octanol–water partition coefficient (Wildman–Crippen LogP) is 3.12. The smallest absolute Gasteiger partial charge is 0.338 e. The van der Waals surface area contributed by atoms with Crippen LogP contribution < -0.4 is 10.1 Å². The molecule has 6 nitrogen and oxygen atoms in total. The van der Waals surface area contributed by atoms with Crippen LogP contribution in [-0.2, 0) is 9.53 Å². The van der Waals surface area contributed by atoms with E-state index in [-0.39, 0.29) is 21.4 Å². The van der Waals surface area contributed by atoms with E-state index < -0.39 is 24.4 Å². The summed E-state index contributed by atoms with van der Waals surface area (Å²) < 4.78 is 9.83. The summed E-state index contributed by atoms with van der Waals surface area (Å²) in [7, 11) is 1.39. The van der Waals surface area contributed by atoms with Crippen molar-refractivity contribution in [3.8, 4) is 5.75 Å². The molecule has 8 heteroatoms. The molecule has 0 saturated heterocycles. The highest BCUT2D eigenvalue weighted by atomic mass is 35.5. The minimum atomic E-state index is -0.811. The SMILES string of the molecule is COc1c(Cl)cc(C(=O)OCC(=O)NC(=O)c2ccccc2)cc1Cl. The fourth-order valence-electron chi connectivity index (χ4n) is 1.91. The van der Waals surface area contributed by atoms with Crippen molar-refractivity contribution in [1.29, 1.82) is 0 Å². The Kier molecular flexibility index (Phi) is 6.38. The number of carbonyl (C=O) groups excluding carboxylic acids is 3. The molecule has 0 bridgehead atoms. The van der Waals surface area contributed by atoms with Gasteiger partial charge in [-0.05, 0) is 24.3 Å². The predicted molar refractivity (Wildman–Crippen MR) is 92.2 cm³/mol. The van der Waals surface area contributed by atoms with Crippen molar-refractivity contribution in [1.82, 2.24) is 5.32 Å².